The van der Waals surface area contributed by atoms with E-state index in [-0.39, 0.29) is 0 Å². The van der Waals surface area contributed by atoms with Crippen LogP contribution in [0.1, 0.15) is 24.2 Å². The summed E-state index contributed by atoms with van der Waals surface area (Å²) in [6, 6.07) is 2.11. The van der Waals surface area contributed by atoms with Gasteiger partial charge in [0.1, 0.15) is 0 Å². The minimum absolute atomic E-state index is 0.848. The first-order valence-electron chi connectivity index (χ1n) is 8.44. The first-order valence-corrected chi connectivity index (χ1v) is 9.26. The Morgan fingerprint density at radius 2 is 1.96 bits per heavy atom. The summed E-state index contributed by atoms with van der Waals surface area (Å²) in [7, 11) is 0. The molecule has 3 aromatic rings. The minimum atomic E-state index is 0.848. The summed E-state index contributed by atoms with van der Waals surface area (Å²) in [5.41, 5.74) is 2.26. The monoisotopic (exact) mass is 342 g/mol. The van der Waals surface area contributed by atoms with Crippen LogP contribution in [0.15, 0.2) is 24.7 Å². The van der Waals surface area contributed by atoms with E-state index in [1.54, 1.807) is 11.3 Å². The van der Waals surface area contributed by atoms with Crippen LogP contribution < -0.4 is 4.90 Å². The number of imidazole rings is 1. The lowest BCUT2D eigenvalue weighted by atomic mass is 10.4. The Balaban J connectivity index is 1.51. The maximum absolute atomic E-state index is 4.60. The molecule has 0 unspecified atom stereocenters. The Hall–Kier alpha value is -2.15. The normalized spacial score (nSPS) is 14.7. The van der Waals surface area contributed by atoms with Crippen LogP contribution in [0.25, 0.3) is 10.7 Å². The molecule has 0 aromatic carbocycles. The third kappa shape index (κ3) is 2.96. The average molecular weight is 342 g/mol. The number of aromatic nitrogens is 5. The predicted octanol–water partition coefficient (Wildman–Crippen LogP) is 3.12. The highest BCUT2D eigenvalue weighted by molar-refractivity contribution is 7.18. The molecule has 1 aliphatic heterocycles. The lowest BCUT2D eigenvalue weighted by molar-refractivity contribution is 0.524. The number of hydrogen-bond donors (Lipinski definition) is 0. The van der Waals surface area contributed by atoms with E-state index in [1.165, 1.54) is 18.5 Å². The van der Waals surface area contributed by atoms with Gasteiger partial charge in [0.25, 0.3) is 0 Å². The van der Waals surface area contributed by atoms with E-state index in [1.807, 2.05) is 25.5 Å². The van der Waals surface area contributed by atoms with Crippen LogP contribution in [0.2, 0.25) is 0 Å². The van der Waals surface area contributed by atoms with Gasteiger partial charge in [-0.1, -0.05) is 11.3 Å². The van der Waals surface area contributed by atoms with Crippen LogP contribution in [0, 0.1) is 13.8 Å². The highest BCUT2D eigenvalue weighted by Gasteiger charge is 2.17. The third-order valence-electron chi connectivity index (χ3n) is 4.46. The van der Waals surface area contributed by atoms with Gasteiger partial charge in [-0.3, -0.25) is 4.68 Å². The number of hydrogen-bond acceptors (Lipinski definition) is 5. The first kappa shape index (κ1) is 15.4. The molecule has 4 rings (SSSR count). The summed E-state index contributed by atoms with van der Waals surface area (Å²) in [5.74, 6) is 1.000. The van der Waals surface area contributed by atoms with Crippen LogP contribution >= 0.6 is 11.3 Å². The molecule has 1 aliphatic rings. The summed E-state index contributed by atoms with van der Waals surface area (Å²) >= 11 is 1.74. The molecule has 3 aromatic heterocycles. The zero-order valence-electron chi connectivity index (χ0n) is 14.1. The molecule has 7 heteroatoms. The van der Waals surface area contributed by atoms with Gasteiger partial charge < -0.3 is 9.47 Å². The van der Waals surface area contributed by atoms with Gasteiger partial charge in [-0.15, -0.1) is 0 Å². The molecule has 0 atom stereocenters. The van der Waals surface area contributed by atoms with E-state index in [0.29, 0.717) is 0 Å². The second kappa shape index (κ2) is 6.39. The van der Waals surface area contributed by atoms with Gasteiger partial charge in [-0.2, -0.15) is 5.10 Å². The number of thiazole rings is 1. The number of nitrogens with zero attached hydrogens (tertiary/aromatic N) is 6. The smallest absolute Gasteiger partial charge is 0.185 e. The fourth-order valence-corrected chi connectivity index (χ4v) is 4.22. The van der Waals surface area contributed by atoms with E-state index in [4.69, 9.17) is 0 Å². The first-order chi connectivity index (χ1) is 11.7. The lowest BCUT2D eigenvalue weighted by Gasteiger charge is -2.12. The van der Waals surface area contributed by atoms with E-state index in [2.05, 4.69) is 42.2 Å². The summed E-state index contributed by atoms with van der Waals surface area (Å²) in [6.07, 6.45) is 8.40. The topological polar surface area (TPSA) is 51.8 Å². The molecule has 4 heterocycles. The summed E-state index contributed by atoms with van der Waals surface area (Å²) in [5, 5.41) is 5.66. The van der Waals surface area contributed by atoms with Crippen LogP contribution in [0.4, 0.5) is 5.13 Å². The highest BCUT2D eigenvalue weighted by atomic mass is 32.1. The second-order valence-electron chi connectivity index (χ2n) is 6.30. The molecule has 0 N–H and O–H groups in total. The predicted molar refractivity (Wildman–Crippen MR) is 96.5 cm³/mol. The number of rotatable bonds is 5. The molecule has 0 aliphatic carbocycles. The largest absolute Gasteiger partial charge is 0.348 e. The van der Waals surface area contributed by atoms with Crippen molar-refractivity contribution in [3.8, 4) is 10.7 Å². The maximum atomic E-state index is 4.60. The van der Waals surface area contributed by atoms with Crippen LogP contribution in [0.5, 0.6) is 0 Å². The molecular formula is C17H22N6S. The third-order valence-corrected chi connectivity index (χ3v) is 5.52. The molecule has 24 heavy (non-hydrogen) atoms. The molecule has 0 bridgehead atoms. The van der Waals surface area contributed by atoms with Gasteiger partial charge in [-0.05, 0) is 32.8 Å². The molecule has 0 spiro atoms. The highest BCUT2D eigenvalue weighted by Crippen LogP contribution is 2.31. The van der Waals surface area contributed by atoms with Gasteiger partial charge in [0.05, 0.1) is 23.3 Å². The SMILES string of the molecule is Cc1cc(C)n(CCn2ccnc2-c2cnc(N3CCCC3)s2)n1. The quantitative estimate of drug-likeness (QED) is 0.715. The Labute approximate surface area is 145 Å². The molecule has 0 amide bonds. The minimum Gasteiger partial charge on any atom is -0.348 e. The van der Waals surface area contributed by atoms with Crippen molar-refractivity contribution < 1.29 is 0 Å². The van der Waals surface area contributed by atoms with E-state index in [0.717, 1.165) is 47.7 Å². The van der Waals surface area contributed by atoms with Crippen molar-refractivity contribution in [3.05, 3.63) is 36.0 Å². The van der Waals surface area contributed by atoms with E-state index < -0.39 is 0 Å². The molecule has 0 radical (unpaired) electrons. The van der Waals surface area contributed by atoms with Gasteiger partial charge in [0, 0.05) is 37.7 Å². The van der Waals surface area contributed by atoms with Crippen molar-refractivity contribution in [2.24, 2.45) is 0 Å². The van der Waals surface area contributed by atoms with Gasteiger partial charge in [-0.25, -0.2) is 9.97 Å². The summed E-state index contributed by atoms with van der Waals surface area (Å²) in [4.78, 5) is 12.7. The van der Waals surface area contributed by atoms with Gasteiger partial charge in [0.15, 0.2) is 11.0 Å². The number of aryl methyl sites for hydroxylation is 4. The Morgan fingerprint density at radius 3 is 2.71 bits per heavy atom. The number of anilines is 1. The molecule has 0 saturated carbocycles. The molecule has 126 valence electrons. The maximum Gasteiger partial charge on any atom is 0.185 e. The van der Waals surface area contributed by atoms with Crippen molar-refractivity contribution >= 4 is 16.5 Å². The van der Waals surface area contributed by atoms with Crippen molar-refractivity contribution in [1.29, 1.82) is 0 Å². The lowest BCUT2D eigenvalue weighted by Crippen LogP contribution is -2.16. The Morgan fingerprint density at radius 1 is 1.12 bits per heavy atom. The van der Waals surface area contributed by atoms with Crippen molar-refractivity contribution in [2.45, 2.75) is 39.8 Å². The fraction of sp³-hybridized carbons (Fsp3) is 0.471. The average Bonchev–Trinajstić information content (AvgIpc) is 3.33. The zero-order valence-corrected chi connectivity index (χ0v) is 15.0. The molecule has 1 saturated heterocycles. The zero-order chi connectivity index (χ0) is 16.5. The van der Waals surface area contributed by atoms with Crippen LogP contribution in [-0.2, 0) is 13.1 Å². The molecular weight excluding hydrogens is 320 g/mol. The summed E-state index contributed by atoms with van der Waals surface area (Å²) in [6.45, 7) is 8.08. The fourth-order valence-electron chi connectivity index (χ4n) is 3.24. The summed E-state index contributed by atoms with van der Waals surface area (Å²) < 4.78 is 4.25. The van der Waals surface area contributed by atoms with E-state index in [9.17, 15) is 0 Å². The van der Waals surface area contributed by atoms with Gasteiger partial charge in [0.2, 0.25) is 0 Å². The standard InChI is InChI=1S/C17H22N6S/c1-13-11-14(2)23(20-13)10-9-21-8-5-18-16(21)15-12-19-17(24-15)22-6-3-4-7-22/h5,8,11-12H,3-4,6-7,9-10H2,1-2H3. The van der Waals surface area contributed by atoms with Crippen LogP contribution in [-0.4, -0.2) is 37.4 Å². The van der Waals surface area contributed by atoms with Gasteiger partial charge >= 0.3 is 0 Å². The Kier molecular flexibility index (Phi) is 4.10. The molecule has 1 fully saturated rings. The molecule has 6 nitrogen and oxygen atoms in total. The Bertz CT molecular complexity index is 824. The van der Waals surface area contributed by atoms with Crippen molar-refractivity contribution in [2.75, 3.05) is 18.0 Å². The van der Waals surface area contributed by atoms with Crippen LogP contribution in [0.3, 0.4) is 0 Å². The second-order valence-corrected chi connectivity index (χ2v) is 7.30. The van der Waals surface area contributed by atoms with Crippen molar-refractivity contribution in [3.63, 3.8) is 0 Å². The van der Waals surface area contributed by atoms with E-state index >= 15 is 0 Å². The van der Waals surface area contributed by atoms with Crippen molar-refractivity contribution in [1.82, 2.24) is 24.3 Å².